The Morgan fingerprint density at radius 1 is 0.697 bits per heavy atom. The lowest BCUT2D eigenvalue weighted by molar-refractivity contribution is 1.60. The summed E-state index contributed by atoms with van der Waals surface area (Å²) in [6, 6.07) is 22.3. The van der Waals surface area contributed by atoms with Gasteiger partial charge < -0.3 is 0 Å². The van der Waals surface area contributed by atoms with Gasteiger partial charge in [-0.2, -0.15) is 0 Å². The zero-order valence-electron chi connectivity index (χ0n) is 19.2. The van der Waals surface area contributed by atoms with E-state index in [0.29, 0.717) is 0 Å². The van der Waals surface area contributed by atoms with Gasteiger partial charge in [0.05, 0.1) is 0 Å². The highest BCUT2D eigenvalue weighted by Gasteiger charge is 2.15. The molecule has 5 aromatic rings. The van der Waals surface area contributed by atoms with E-state index in [-0.39, 0.29) is 0 Å². The molecule has 0 spiro atoms. The minimum Gasteiger partial charge on any atom is -0.139 e. The Morgan fingerprint density at radius 2 is 1.24 bits per heavy atom. The summed E-state index contributed by atoms with van der Waals surface area (Å²) in [6.07, 6.45) is 10.6. The number of thiophene rings is 2. The quantitative estimate of drug-likeness (QED) is 0.244. The predicted molar refractivity (Wildman–Crippen MR) is 152 cm³/mol. The predicted octanol–water partition coefficient (Wildman–Crippen LogP) is 10.5. The lowest BCUT2D eigenvalue weighted by atomic mass is 9.96. The van der Waals surface area contributed by atoms with Gasteiger partial charge in [0.1, 0.15) is 0 Å². The number of benzene rings is 3. The Labute approximate surface area is 203 Å². The van der Waals surface area contributed by atoms with Crippen molar-refractivity contribution in [3.05, 3.63) is 100 Å². The van der Waals surface area contributed by atoms with Gasteiger partial charge in [0.25, 0.3) is 0 Å². The third-order valence-corrected chi connectivity index (χ3v) is 8.48. The second-order valence-electron chi connectivity index (χ2n) is 8.10. The second kappa shape index (κ2) is 8.97. The van der Waals surface area contributed by atoms with E-state index >= 15 is 0 Å². The molecule has 0 fully saturated rings. The van der Waals surface area contributed by atoms with Crippen LogP contribution in [0, 0.1) is 6.92 Å². The number of fused-ring (bicyclic) bond motifs is 2. The molecule has 3 aromatic carbocycles. The van der Waals surface area contributed by atoms with Gasteiger partial charge in [-0.1, -0.05) is 91.6 Å². The Bertz CT molecular complexity index is 1550. The number of allylic oxidation sites excluding steroid dienone is 2. The maximum Gasteiger partial charge on any atom is 0.0433 e. The fourth-order valence-corrected chi connectivity index (χ4v) is 6.94. The van der Waals surface area contributed by atoms with Crippen LogP contribution >= 0.6 is 22.7 Å². The van der Waals surface area contributed by atoms with E-state index in [9.17, 15) is 0 Å². The zero-order valence-corrected chi connectivity index (χ0v) is 20.8. The van der Waals surface area contributed by atoms with Crippen LogP contribution in [0.25, 0.3) is 60.7 Å². The van der Waals surface area contributed by atoms with E-state index in [4.69, 9.17) is 0 Å². The van der Waals surface area contributed by atoms with Crippen LogP contribution in [0.3, 0.4) is 0 Å². The normalized spacial score (nSPS) is 12.0. The molecule has 2 heterocycles. The molecule has 0 aliphatic rings. The van der Waals surface area contributed by atoms with Crippen LogP contribution in [-0.2, 0) is 0 Å². The Morgan fingerprint density at radius 3 is 1.85 bits per heavy atom. The molecular weight excluding hydrogens is 436 g/mol. The van der Waals surface area contributed by atoms with Crippen LogP contribution < -0.4 is 0 Å². The number of aryl methyl sites for hydroxylation is 1. The number of hydrogen-bond acceptors (Lipinski definition) is 2. The Hall–Kier alpha value is -3.20. The van der Waals surface area contributed by atoms with Crippen LogP contribution in [0.4, 0.5) is 0 Å². The highest BCUT2D eigenvalue weighted by atomic mass is 32.1. The van der Waals surface area contributed by atoms with Crippen molar-refractivity contribution in [2.24, 2.45) is 0 Å². The molecule has 0 aliphatic carbocycles. The van der Waals surface area contributed by atoms with Gasteiger partial charge in [-0.05, 0) is 60.2 Å². The maximum atomic E-state index is 4.05. The van der Waals surface area contributed by atoms with E-state index in [1.165, 1.54) is 63.3 Å². The summed E-state index contributed by atoms with van der Waals surface area (Å²) >= 11 is 3.72. The largest absolute Gasteiger partial charge is 0.139 e. The van der Waals surface area contributed by atoms with Crippen molar-refractivity contribution < 1.29 is 0 Å². The average molecular weight is 463 g/mol. The summed E-state index contributed by atoms with van der Waals surface area (Å²) in [4.78, 5) is 2.59. The lowest BCUT2D eigenvalue weighted by Crippen LogP contribution is -1.83. The van der Waals surface area contributed by atoms with Gasteiger partial charge in [0.15, 0.2) is 0 Å². The van der Waals surface area contributed by atoms with Gasteiger partial charge in [-0.15, -0.1) is 22.7 Å². The molecule has 5 rings (SSSR count). The van der Waals surface area contributed by atoms with Crippen molar-refractivity contribution in [3.63, 3.8) is 0 Å². The molecule has 2 heteroatoms. The lowest BCUT2D eigenvalue weighted by Gasteiger charge is -2.09. The van der Waals surface area contributed by atoms with Crippen molar-refractivity contribution in [1.29, 1.82) is 0 Å². The molecule has 0 amide bonds. The van der Waals surface area contributed by atoms with Gasteiger partial charge >= 0.3 is 0 Å². The van der Waals surface area contributed by atoms with Gasteiger partial charge in [-0.3, -0.25) is 0 Å². The van der Waals surface area contributed by atoms with E-state index in [1.807, 2.05) is 28.7 Å². The summed E-state index contributed by atoms with van der Waals surface area (Å²) in [5.74, 6) is 0. The van der Waals surface area contributed by atoms with E-state index < -0.39 is 0 Å². The third-order valence-electron chi connectivity index (χ3n) is 6.06. The molecule has 0 bridgehead atoms. The smallest absolute Gasteiger partial charge is 0.0433 e. The van der Waals surface area contributed by atoms with Gasteiger partial charge in [-0.25, -0.2) is 0 Å². The highest BCUT2D eigenvalue weighted by Crippen LogP contribution is 2.42. The minimum absolute atomic E-state index is 1.22. The minimum atomic E-state index is 1.22. The van der Waals surface area contributed by atoms with Crippen LogP contribution in [0.15, 0.2) is 79.4 Å². The molecule has 0 saturated carbocycles. The molecule has 0 atom stereocenters. The van der Waals surface area contributed by atoms with Crippen molar-refractivity contribution in [2.45, 2.75) is 20.8 Å². The highest BCUT2D eigenvalue weighted by molar-refractivity contribution is 7.21. The SMILES string of the molecule is C=Cc1sc2c(-c3cccc(-c4cccc5c(/C=C\C)c(C)sc45)c3)cccc2c1/C=C\C. The first-order valence-electron chi connectivity index (χ1n) is 11.2. The van der Waals surface area contributed by atoms with E-state index in [1.54, 1.807) is 0 Å². The van der Waals surface area contributed by atoms with Crippen LogP contribution in [0.5, 0.6) is 0 Å². The van der Waals surface area contributed by atoms with Crippen LogP contribution in [0.2, 0.25) is 0 Å². The fraction of sp³-hybridized carbons (Fsp3) is 0.0968. The van der Waals surface area contributed by atoms with Crippen molar-refractivity contribution in [3.8, 4) is 22.3 Å². The monoisotopic (exact) mass is 462 g/mol. The van der Waals surface area contributed by atoms with Crippen molar-refractivity contribution in [1.82, 2.24) is 0 Å². The van der Waals surface area contributed by atoms with Crippen molar-refractivity contribution in [2.75, 3.05) is 0 Å². The first-order chi connectivity index (χ1) is 16.2. The van der Waals surface area contributed by atoms with Crippen molar-refractivity contribution >= 4 is 61.1 Å². The molecule has 0 aliphatic heterocycles. The average Bonchev–Trinajstić information content (AvgIpc) is 3.36. The van der Waals surface area contributed by atoms with Gasteiger partial charge in [0.2, 0.25) is 0 Å². The summed E-state index contributed by atoms with van der Waals surface area (Å²) in [5.41, 5.74) is 7.70. The third kappa shape index (κ3) is 3.70. The van der Waals surface area contributed by atoms with E-state index in [0.717, 1.165) is 0 Å². The molecule has 2 aromatic heterocycles. The summed E-state index contributed by atoms with van der Waals surface area (Å²) < 4.78 is 2.68. The molecule has 0 nitrogen and oxygen atoms in total. The summed E-state index contributed by atoms with van der Waals surface area (Å²) in [5, 5.41) is 2.63. The summed E-state index contributed by atoms with van der Waals surface area (Å²) in [7, 11) is 0. The Kier molecular flexibility index (Phi) is 5.88. The molecule has 0 unspecified atom stereocenters. The topological polar surface area (TPSA) is 0 Å². The number of hydrogen-bond donors (Lipinski definition) is 0. The molecular formula is C31H26S2. The molecule has 33 heavy (non-hydrogen) atoms. The summed E-state index contributed by atoms with van der Waals surface area (Å²) in [6.45, 7) is 10.4. The first-order valence-corrected chi connectivity index (χ1v) is 12.9. The standard InChI is InChI=1S/C31H26S2/c1-5-11-23-20(4)32-30-24(15-9-17-27(23)30)21-13-8-14-22(19-21)25-16-10-18-28-26(12-6-2)29(7-3)33-31(25)28/h5-19H,3H2,1-2,4H3/b11-5-,12-6-. The maximum absolute atomic E-state index is 4.05. The number of rotatable bonds is 5. The fourth-order valence-electron chi connectivity index (χ4n) is 4.59. The molecule has 162 valence electrons. The molecule has 0 N–H and O–H groups in total. The van der Waals surface area contributed by atoms with E-state index in [2.05, 4.69) is 112 Å². The molecule has 0 saturated heterocycles. The zero-order chi connectivity index (χ0) is 22.9. The van der Waals surface area contributed by atoms with Crippen LogP contribution in [-0.4, -0.2) is 0 Å². The Balaban J connectivity index is 1.70. The molecule has 0 radical (unpaired) electrons. The van der Waals surface area contributed by atoms with Gasteiger partial charge in [0, 0.05) is 29.9 Å². The van der Waals surface area contributed by atoms with Crippen LogP contribution in [0.1, 0.15) is 34.7 Å². The first kappa shape index (κ1) is 21.6. The second-order valence-corrected chi connectivity index (χ2v) is 10.4.